The van der Waals surface area contributed by atoms with E-state index in [4.69, 9.17) is 0 Å². The molecule has 0 aliphatic heterocycles. The van der Waals surface area contributed by atoms with Gasteiger partial charge in [0.2, 0.25) is 0 Å². The van der Waals surface area contributed by atoms with Crippen molar-refractivity contribution in [3.63, 3.8) is 0 Å². The molecule has 1 nitrogen and oxygen atoms in total. The quantitative estimate of drug-likeness (QED) is 0.739. The maximum absolute atomic E-state index is 4.63. The highest BCUT2D eigenvalue weighted by Gasteiger charge is 1.97. The molecule has 1 aromatic carbocycles. The zero-order chi connectivity index (χ0) is 10.8. The van der Waals surface area contributed by atoms with Gasteiger partial charge in [0, 0.05) is 14.7 Å². The molecule has 1 heterocycles. The highest BCUT2D eigenvalue weighted by atomic mass is 79.9. The minimum Gasteiger partial charge on any atom is -0.227 e. The van der Waals surface area contributed by atoms with Crippen molar-refractivity contribution >= 4 is 44.3 Å². The largest absolute Gasteiger partial charge is 0.227 e. The Bertz CT molecular complexity index is 540. The zero-order valence-corrected chi connectivity index (χ0v) is 11.7. The molecule has 78 valence electrons. The fourth-order valence-electron chi connectivity index (χ4n) is 1.17. The SMILES string of the molecule is Cc1csc(=Nc2cc(Br)ccc2C)s1. The minimum atomic E-state index is 1.04. The number of halogens is 1. The summed E-state index contributed by atoms with van der Waals surface area (Å²) in [6.45, 7) is 4.18. The second-order valence-corrected chi connectivity index (χ2v) is 6.52. The molecule has 15 heavy (non-hydrogen) atoms. The Morgan fingerprint density at radius 1 is 1.27 bits per heavy atom. The van der Waals surface area contributed by atoms with Crippen LogP contribution >= 0.6 is 38.6 Å². The Balaban J connectivity index is 2.51. The third-order valence-electron chi connectivity index (χ3n) is 1.96. The molecular formula is C11H10BrNS2. The molecule has 0 atom stereocenters. The van der Waals surface area contributed by atoms with Crippen LogP contribution in [0.4, 0.5) is 5.69 Å². The van der Waals surface area contributed by atoms with Crippen molar-refractivity contribution in [3.05, 3.63) is 42.5 Å². The molecule has 1 aromatic heterocycles. The third-order valence-corrected chi connectivity index (χ3v) is 4.61. The Labute approximate surface area is 105 Å². The van der Waals surface area contributed by atoms with Gasteiger partial charge >= 0.3 is 0 Å². The normalized spacial score (nSPS) is 12.1. The Morgan fingerprint density at radius 2 is 2.07 bits per heavy atom. The average molecular weight is 300 g/mol. The summed E-state index contributed by atoms with van der Waals surface area (Å²) in [6, 6.07) is 6.17. The molecule has 0 radical (unpaired) electrons. The van der Waals surface area contributed by atoms with Crippen molar-refractivity contribution in [1.29, 1.82) is 0 Å². The van der Waals surface area contributed by atoms with E-state index in [1.54, 1.807) is 22.7 Å². The first-order chi connectivity index (χ1) is 7.15. The Hall–Kier alpha value is -0.450. The molecule has 0 saturated carbocycles. The predicted molar refractivity (Wildman–Crippen MR) is 71.0 cm³/mol. The summed E-state index contributed by atoms with van der Waals surface area (Å²) in [5.74, 6) is 0. The van der Waals surface area contributed by atoms with Gasteiger partial charge in [0.1, 0.15) is 0 Å². The fraction of sp³-hybridized carbons (Fsp3) is 0.182. The minimum absolute atomic E-state index is 1.04. The number of nitrogens with zero attached hydrogens (tertiary/aromatic N) is 1. The van der Waals surface area contributed by atoms with Crippen LogP contribution in [0.1, 0.15) is 10.4 Å². The first-order valence-corrected chi connectivity index (χ1v) is 7.00. The lowest BCUT2D eigenvalue weighted by atomic mass is 10.2. The van der Waals surface area contributed by atoms with E-state index in [-0.39, 0.29) is 0 Å². The molecule has 0 amide bonds. The van der Waals surface area contributed by atoms with Gasteiger partial charge in [0.15, 0.2) is 3.98 Å². The van der Waals surface area contributed by atoms with E-state index in [1.165, 1.54) is 10.4 Å². The van der Waals surface area contributed by atoms with E-state index in [0.29, 0.717) is 0 Å². The summed E-state index contributed by atoms with van der Waals surface area (Å²) in [4.78, 5) is 5.94. The lowest BCUT2D eigenvalue weighted by molar-refractivity contribution is 1.35. The van der Waals surface area contributed by atoms with Gasteiger partial charge < -0.3 is 0 Å². The van der Waals surface area contributed by atoms with Crippen LogP contribution in [0.3, 0.4) is 0 Å². The van der Waals surface area contributed by atoms with Crippen molar-refractivity contribution in [3.8, 4) is 0 Å². The van der Waals surface area contributed by atoms with Crippen LogP contribution in [0.5, 0.6) is 0 Å². The summed E-state index contributed by atoms with van der Waals surface area (Å²) >= 11 is 6.89. The van der Waals surface area contributed by atoms with Crippen LogP contribution in [-0.2, 0) is 0 Å². The van der Waals surface area contributed by atoms with E-state index in [1.807, 2.05) is 6.07 Å². The standard InChI is InChI=1S/C11H10BrNS2/c1-7-3-4-9(12)5-10(7)13-11-14-6-8(2)15-11/h3-6H,1-2H3. The molecule has 0 aliphatic carbocycles. The van der Waals surface area contributed by atoms with Gasteiger partial charge in [-0.25, -0.2) is 4.99 Å². The van der Waals surface area contributed by atoms with E-state index >= 15 is 0 Å². The molecule has 0 spiro atoms. The van der Waals surface area contributed by atoms with Gasteiger partial charge in [0.05, 0.1) is 5.69 Å². The van der Waals surface area contributed by atoms with Crippen molar-refractivity contribution < 1.29 is 0 Å². The van der Waals surface area contributed by atoms with Crippen molar-refractivity contribution in [1.82, 2.24) is 0 Å². The van der Waals surface area contributed by atoms with Crippen molar-refractivity contribution in [2.24, 2.45) is 4.99 Å². The molecular weight excluding hydrogens is 290 g/mol. The first kappa shape index (κ1) is 11.0. The van der Waals surface area contributed by atoms with Crippen LogP contribution in [0.15, 0.2) is 33.0 Å². The first-order valence-electron chi connectivity index (χ1n) is 4.51. The number of rotatable bonds is 1. The molecule has 0 saturated heterocycles. The Morgan fingerprint density at radius 3 is 2.73 bits per heavy atom. The van der Waals surface area contributed by atoms with E-state index in [9.17, 15) is 0 Å². The van der Waals surface area contributed by atoms with Gasteiger partial charge in [-0.05, 0) is 31.5 Å². The van der Waals surface area contributed by atoms with Crippen LogP contribution in [0, 0.1) is 13.8 Å². The maximum atomic E-state index is 4.63. The molecule has 0 fully saturated rings. The van der Waals surface area contributed by atoms with Crippen LogP contribution in [0.2, 0.25) is 0 Å². The van der Waals surface area contributed by atoms with Crippen LogP contribution in [-0.4, -0.2) is 0 Å². The monoisotopic (exact) mass is 299 g/mol. The average Bonchev–Trinajstić information content (AvgIpc) is 2.58. The molecule has 0 N–H and O–H groups in total. The van der Waals surface area contributed by atoms with Crippen molar-refractivity contribution in [2.75, 3.05) is 0 Å². The molecule has 4 heteroatoms. The highest BCUT2D eigenvalue weighted by molar-refractivity contribution is 9.10. The summed E-state index contributed by atoms with van der Waals surface area (Å²) < 4.78 is 2.18. The second-order valence-electron chi connectivity index (χ2n) is 3.26. The summed E-state index contributed by atoms with van der Waals surface area (Å²) in [5, 5.41) is 2.14. The fourth-order valence-corrected chi connectivity index (χ4v) is 3.42. The molecule has 0 unspecified atom stereocenters. The van der Waals surface area contributed by atoms with E-state index < -0.39 is 0 Å². The smallest absolute Gasteiger partial charge is 0.171 e. The number of hydrogen-bond donors (Lipinski definition) is 0. The topological polar surface area (TPSA) is 12.4 Å². The van der Waals surface area contributed by atoms with Crippen LogP contribution in [0.25, 0.3) is 0 Å². The van der Waals surface area contributed by atoms with Gasteiger partial charge in [-0.3, -0.25) is 0 Å². The number of benzene rings is 1. The Kier molecular flexibility index (Phi) is 3.38. The zero-order valence-electron chi connectivity index (χ0n) is 8.45. The summed E-state index contributed by atoms with van der Waals surface area (Å²) in [6.07, 6.45) is 0. The molecule has 2 rings (SSSR count). The van der Waals surface area contributed by atoms with Gasteiger partial charge in [-0.15, -0.1) is 22.7 Å². The molecule has 0 aliphatic rings. The van der Waals surface area contributed by atoms with E-state index in [0.717, 1.165) is 14.1 Å². The number of aryl methyl sites for hydroxylation is 2. The summed E-state index contributed by atoms with van der Waals surface area (Å²) in [5.41, 5.74) is 2.25. The lowest BCUT2D eigenvalue weighted by Crippen LogP contribution is -1.85. The van der Waals surface area contributed by atoms with Crippen molar-refractivity contribution in [2.45, 2.75) is 13.8 Å². The van der Waals surface area contributed by atoms with Gasteiger partial charge in [-0.2, -0.15) is 0 Å². The van der Waals surface area contributed by atoms with Crippen LogP contribution < -0.4 is 3.98 Å². The molecule has 0 bridgehead atoms. The van der Waals surface area contributed by atoms with Gasteiger partial charge in [0.25, 0.3) is 0 Å². The third kappa shape index (κ3) is 2.77. The lowest BCUT2D eigenvalue weighted by Gasteiger charge is -1.98. The summed E-state index contributed by atoms with van der Waals surface area (Å²) in [7, 11) is 0. The predicted octanol–water partition coefficient (Wildman–Crippen LogP) is 4.42. The maximum Gasteiger partial charge on any atom is 0.171 e. The van der Waals surface area contributed by atoms with E-state index in [2.05, 4.69) is 52.3 Å². The van der Waals surface area contributed by atoms with Gasteiger partial charge in [-0.1, -0.05) is 22.0 Å². The highest BCUT2D eigenvalue weighted by Crippen LogP contribution is 2.23. The second kappa shape index (κ2) is 4.60. The molecule has 2 aromatic rings. The number of hydrogen-bond acceptors (Lipinski definition) is 3.